The molecule has 0 aliphatic heterocycles. The van der Waals surface area contributed by atoms with Crippen LogP contribution in [0.3, 0.4) is 0 Å². The Kier molecular flexibility index (Phi) is 5.26. The summed E-state index contributed by atoms with van der Waals surface area (Å²) in [4.78, 5) is 12.1. The molecule has 1 atom stereocenters. The van der Waals surface area contributed by atoms with Gasteiger partial charge in [0.15, 0.2) is 17.5 Å². The molecular weight excluding hydrogens is 307 g/mol. The van der Waals surface area contributed by atoms with Gasteiger partial charge in [0.05, 0.1) is 12.6 Å². The molecule has 3 nitrogen and oxygen atoms in total. The van der Waals surface area contributed by atoms with Gasteiger partial charge in [0, 0.05) is 5.56 Å². The molecule has 23 heavy (non-hydrogen) atoms. The monoisotopic (exact) mass is 323 g/mol. The first-order chi connectivity index (χ1) is 10.9. The number of rotatable bonds is 5. The van der Waals surface area contributed by atoms with E-state index in [-0.39, 0.29) is 5.56 Å². The fourth-order valence-corrected chi connectivity index (χ4v) is 2.09. The summed E-state index contributed by atoms with van der Waals surface area (Å²) in [6.07, 6.45) is 0. The number of halogens is 3. The average Bonchev–Trinajstić information content (AvgIpc) is 2.52. The van der Waals surface area contributed by atoms with Crippen LogP contribution in [0.5, 0.6) is 5.75 Å². The molecule has 0 aromatic heterocycles. The highest BCUT2D eigenvalue weighted by Gasteiger charge is 2.17. The van der Waals surface area contributed by atoms with E-state index in [1.165, 1.54) is 0 Å². The second-order valence-electron chi connectivity index (χ2n) is 4.95. The summed E-state index contributed by atoms with van der Waals surface area (Å²) in [5.41, 5.74) is 0.488. The quantitative estimate of drug-likeness (QED) is 0.845. The predicted molar refractivity (Wildman–Crippen MR) is 79.8 cm³/mol. The second-order valence-corrected chi connectivity index (χ2v) is 4.95. The smallest absolute Gasteiger partial charge is 0.251 e. The molecule has 0 aliphatic rings. The third-order valence-corrected chi connectivity index (χ3v) is 3.26. The van der Waals surface area contributed by atoms with Gasteiger partial charge in [-0.15, -0.1) is 0 Å². The van der Waals surface area contributed by atoms with Crippen molar-refractivity contribution in [2.24, 2.45) is 0 Å². The van der Waals surface area contributed by atoms with E-state index >= 15 is 0 Å². The van der Waals surface area contributed by atoms with Gasteiger partial charge < -0.3 is 10.1 Å². The molecule has 0 aliphatic carbocycles. The Morgan fingerprint density at radius 3 is 2.43 bits per heavy atom. The van der Waals surface area contributed by atoms with Crippen LogP contribution in [0.2, 0.25) is 0 Å². The van der Waals surface area contributed by atoms with Gasteiger partial charge in [0.25, 0.3) is 5.91 Å². The van der Waals surface area contributed by atoms with Crippen LogP contribution in [0.15, 0.2) is 36.4 Å². The molecule has 0 saturated heterocycles. The van der Waals surface area contributed by atoms with Crippen LogP contribution in [0.1, 0.15) is 35.8 Å². The van der Waals surface area contributed by atoms with Crippen LogP contribution in [-0.4, -0.2) is 12.5 Å². The van der Waals surface area contributed by atoms with Crippen molar-refractivity contribution < 1.29 is 22.7 Å². The largest absolute Gasteiger partial charge is 0.494 e. The van der Waals surface area contributed by atoms with E-state index in [1.807, 2.05) is 6.92 Å². The maximum atomic E-state index is 13.2. The minimum Gasteiger partial charge on any atom is -0.494 e. The maximum Gasteiger partial charge on any atom is 0.251 e. The van der Waals surface area contributed by atoms with Crippen molar-refractivity contribution in [2.45, 2.75) is 19.9 Å². The fraction of sp³-hybridized carbons (Fsp3) is 0.235. The first-order valence-electron chi connectivity index (χ1n) is 7.10. The number of benzene rings is 2. The number of amides is 1. The number of hydrogen-bond acceptors (Lipinski definition) is 2. The molecule has 2 rings (SSSR count). The molecule has 122 valence electrons. The van der Waals surface area contributed by atoms with Gasteiger partial charge in [0.2, 0.25) is 0 Å². The van der Waals surface area contributed by atoms with Gasteiger partial charge in [-0.1, -0.05) is 12.1 Å². The molecule has 0 heterocycles. The predicted octanol–water partition coefficient (Wildman–Crippen LogP) is 3.99. The Morgan fingerprint density at radius 1 is 1.17 bits per heavy atom. The van der Waals surface area contributed by atoms with Crippen LogP contribution in [-0.2, 0) is 0 Å². The maximum absolute atomic E-state index is 13.2. The summed E-state index contributed by atoms with van der Waals surface area (Å²) in [5, 5.41) is 2.61. The molecule has 0 bridgehead atoms. The molecule has 1 N–H and O–H groups in total. The van der Waals surface area contributed by atoms with Gasteiger partial charge in [-0.2, -0.15) is 0 Å². The molecule has 0 spiro atoms. The van der Waals surface area contributed by atoms with Crippen molar-refractivity contribution in [1.82, 2.24) is 5.32 Å². The first-order valence-corrected chi connectivity index (χ1v) is 7.10. The number of ether oxygens (including phenoxy) is 1. The first kappa shape index (κ1) is 16.9. The van der Waals surface area contributed by atoms with Crippen molar-refractivity contribution in [3.05, 3.63) is 65.0 Å². The van der Waals surface area contributed by atoms with Crippen molar-refractivity contribution in [3.8, 4) is 5.75 Å². The van der Waals surface area contributed by atoms with E-state index in [4.69, 9.17) is 4.74 Å². The Labute approximate surface area is 132 Å². The van der Waals surface area contributed by atoms with Crippen molar-refractivity contribution in [1.29, 1.82) is 0 Å². The van der Waals surface area contributed by atoms with Gasteiger partial charge in [-0.25, -0.2) is 13.2 Å². The number of nitrogens with one attached hydrogen (secondary N) is 1. The van der Waals surface area contributed by atoms with E-state index < -0.39 is 29.4 Å². The summed E-state index contributed by atoms with van der Waals surface area (Å²) in [6, 6.07) is 8.03. The molecule has 1 amide bonds. The molecule has 6 heteroatoms. The Balaban J connectivity index is 2.15. The van der Waals surface area contributed by atoms with Crippen molar-refractivity contribution in [2.75, 3.05) is 6.61 Å². The minimum atomic E-state index is -1.60. The average molecular weight is 323 g/mol. The highest BCUT2D eigenvalue weighted by molar-refractivity contribution is 5.94. The SMILES string of the molecule is CCOc1cccc(C(C)NC(=O)c2cc(F)c(F)c(F)c2)c1. The highest BCUT2D eigenvalue weighted by Crippen LogP contribution is 2.20. The van der Waals surface area contributed by atoms with Crippen molar-refractivity contribution >= 4 is 5.91 Å². The van der Waals surface area contributed by atoms with Crippen LogP contribution in [0.25, 0.3) is 0 Å². The Bertz CT molecular complexity index is 696. The van der Waals surface area contributed by atoms with E-state index in [0.717, 1.165) is 5.56 Å². The van der Waals surface area contributed by atoms with E-state index in [9.17, 15) is 18.0 Å². The highest BCUT2D eigenvalue weighted by atomic mass is 19.2. The third kappa shape index (κ3) is 4.03. The zero-order chi connectivity index (χ0) is 17.0. The van der Waals surface area contributed by atoms with Crippen LogP contribution in [0.4, 0.5) is 13.2 Å². The normalized spacial score (nSPS) is 11.9. The standard InChI is InChI=1S/C17H16F3NO2/c1-3-23-13-6-4-5-11(7-13)10(2)21-17(22)12-8-14(18)16(20)15(19)9-12/h4-10H,3H2,1-2H3,(H,21,22). The van der Waals surface area contributed by atoms with E-state index in [2.05, 4.69) is 5.32 Å². The third-order valence-electron chi connectivity index (χ3n) is 3.26. The van der Waals surface area contributed by atoms with Crippen LogP contribution in [0, 0.1) is 17.5 Å². The zero-order valence-electron chi connectivity index (χ0n) is 12.7. The van der Waals surface area contributed by atoms with Crippen molar-refractivity contribution in [3.63, 3.8) is 0 Å². The Morgan fingerprint density at radius 2 is 1.83 bits per heavy atom. The summed E-state index contributed by atoms with van der Waals surface area (Å²) in [6.45, 7) is 4.09. The molecule has 0 radical (unpaired) electrons. The molecule has 2 aromatic carbocycles. The number of carbonyl (C=O) groups is 1. The number of carbonyl (C=O) groups excluding carboxylic acids is 1. The summed E-state index contributed by atoms with van der Waals surface area (Å²) in [7, 11) is 0. The van der Waals surface area contributed by atoms with Crippen LogP contribution >= 0.6 is 0 Å². The van der Waals surface area contributed by atoms with E-state index in [1.54, 1.807) is 31.2 Å². The minimum absolute atomic E-state index is 0.283. The lowest BCUT2D eigenvalue weighted by molar-refractivity contribution is 0.0938. The summed E-state index contributed by atoms with van der Waals surface area (Å²) < 4.78 is 44.7. The zero-order valence-corrected chi connectivity index (χ0v) is 12.7. The molecular formula is C17H16F3NO2. The summed E-state index contributed by atoms with van der Waals surface area (Å²) >= 11 is 0. The van der Waals surface area contributed by atoms with Gasteiger partial charge in [-0.3, -0.25) is 4.79 Å². The molecule has 0 fully saturated rings. The lowest BCUT2D eigenvalue weighted by atomic mass is 10.1. The molecule has 0 saturated carbocycles. The topological polar surface area (TPSA) is 38.3 Å². The summed E-state index contributed by atoms with van der Waals surface area (Å²) in [5.74, 6) is -4.44. The second kappa shape index (κ2) is 7.17. The Hall–Kier alpha value is -2.50. The number of hydrogen-bond donors (Lipinski definition) is 1. The molecule has 1 unspecified atom stereocenters. The van der Waals surface area contributed by atoms with Gasteiger partial charge in [0.1, 0.15) is 5.75 Å². The van der Waals surface area contributed by atoms with Gasteiger partial charge >= 0.3 is 0 Å². The fourth-order valence-electron chi connectivity index (χ4n) is 2.09. The van der Waals surface area contributed by atoms with Crippen LogP contribution < -0.4 is 10.1 Å². The van der Waals surface area contributed by atoms with E-state index in [0.29, 0.717) is 24.5 Å². The lowest BCUT2D eigenvalue weighted by Gasteiger charge is -2.15. The lowest BCUT2D eigenvalue weighted by Crippen LogP contribution is -2.27. The molecule has 2 aromatic rings. The van der Waals surface area contributed by atoms with Gasteiger partial charge in [-0.05, 0) is 43.7 Å².